The van der Waals surface area contributed by atoms with E-state index in [9.17, 15) is 0 Å². The van der Waals surface area contributed by atoms with E-state index in [4.69, 9.17) is 29.0 Å². The molecule has 0 saturated heterocycles. The highest BCUT2D eigenvalue weighted by atomic mass is 35.5. The average Bonchev–Trinajstić information content (AvgIpc) is 2.69. The Morgan fingerprint density at radius 2 is 2.00 bits per heavy atom. The predicted molar refractivity (Wildman–Crippen MR) is 88.5 cm³/mol. The molecule has 5 heteroatoms. The standard InChI is InChI=1S/C15H18Cl2N2S/c1-9(2)6-10-4-3-5-11(7-10)14(19-18)12-8-13(16)20-15(12)17/h3-5,7-9,14,19H,6,18H2,1-2H3. The molecule has 108 valence electrons. The number of thiophene rings is 1. The van der Waals surface area contributed by atoms with Gasteiger partial charge in [0, 0.05) is 5.56 Å². The maximum absolute atomic E-state index is 6.23. The summed E-state index contributed by atoms with van der Waals surface area (Å²) >= 11 is 13.6. The van der Waals surface area contributed by atoms with Gasteiger partial charge < -0.3 is 0 Å². The van der Waals surface area contributed by atoms with Crippen LogP contribution in [0, 0.1) is 5.92 Å². The molecular formula is C15H18Cl2N2S. The van der Waals surface area contributed by atoms with E-state index in [1.807, 2.05) is 6.07 Å². The van der Waals surface area contributed by atoms with Crippen LogP contribution in [0.1, 0.15) is 36.6 Å². The van der Waals surface area contributed by atoms with Crippen LogP contribution in [0.4, 0.5) is 0 Å². The van der Waals surface area contributed by atoms with Gasteiger partial charge in [-0.05, 0) is 29.5 Å². The largest absolute Gasteiger partial charge is 0.271 e. The molecule has 0 spiro atoms. The van der Waals surface area contributed by atoms with Crippen LogP contribution in [0.2, 0.25) is 8.67 Å². The normalized spacial score (nSPS) is 12.9. The zero-order valence-electron chi connectivity index (χ0n) is 11.5. The van der Waals surface area contributed by atoms with E-state index in [-0.39, 0.29) is 6.04 Å². The van der Waals surface area contributed by atoms with Gasteiger partial charge in [-0.15, -0.1) is 11.3 Å². The first-order chi connectivity index (χ1) is 9.51. The van der Waals surface area contributed by atoms with Gasteiger partial charge in [0.15, 0.2) is 0 Å². The number of benzene rings is 1. The van der Waals surface area contributed by atoms with Crippen molar-refractivity contribution in [3.8, 4) is 0 Å². The highest BCUT2D eigenvalue weighted by Gasteiger charge is 2.18. The van der Waals surface area contributed by atoms with E-state index in [1.165, 1.54) is 16.9 Å². The van der Waals surface area contributed by atoms with Gasteiger partial charge in [0.05, 0.1) is 14.7 Å². The van der Waals surface area contributed by atoms with Crippen molar-refractivity contribution in [1.29, 1.82) is 0 Å². The molecule has 1 heterocycles. The van der Waals surface area contributed by atoms with Crippen LogP contribution in [-0.4, -0.2) is 0 Å². The third-order valence-corrected chi connectivity index (χ3v) is 4.61. The summed E-state index contributed by atoms with van der Waals surface area (Å²) in [6.45, 7) is 4.42. The number of rotatable bonds is 5. The molecule has 3 N–H and O–H groups in total. The zero-order chi connectivity index (χ0) is 14.7. The van der Waals surface area contributed by atoms with Gasteiger partial charge in [-0.1, -0.05) is 61.3 Å². The Hall–Kier alpha value is -0.580. The van der Waals surface area contributed by atoms with Crippen molar-refractivity contribution in [3.63, 3.8) is 0 Å². The zero-order valence-corrected chi connectivity index (χ0v) is 13.8. The molecule has 0 aliphatic heterocycles. The monoisotopic (exact) mass is 328 g/mol. The Kier molecular flexibility index (Phi) is 5.47. The summed E-state index contributed by atoms with van der Waals surface area (Å²) < 4.78 is 1.34. The van der Waals surface area contributed by atoms with E-state index in [0.717, 1.165) is 17.5 Å². The first kappa shape index (κ1) is 15.8. The van der Waals surface area contributed by atoms with E-state index < -0.39 is 0 Å². The summed E-state index contributed by atoms with van der Waals surface area (Å²) in [5.41, 5.74) is 6.16. The van der Waals surface area contributed by atoms with Gasteiger partial charge in [0.1, 0.15) is 0 Å². The summed E-state index contributed by atoms with van der Waals surface area (Å²) in [4.78, 5) is 0. The van der Waals surface area contributed by atoms with Gasteiger partial charge in [-0.2, -0.15) is 0 Å². The van der Waals surface area contributed by atoms with Crippen molar-refractivity contribution < 1.29 is 0 Å². The second kappa shape index (κ2) is 6.92. The fraction of sp³-hybridized carbons (Fsp3) is 0.333. The Balaban J connectivity index is 2.34. The Labute approximate surface area is 133 Å². The number of hydrogen-bond acceptors (Lipinski definition) is 3. The molecule has 0 radical (unpaired) electrons. The number of nitrogens with one attached hydrogen (secondary N) is 1. The molecule has 2 nitrogen and oxygen atoms in total. The van der Waals surface area contributed by atoms with Crippen LogP contribution < -0.4 is 11.3 Å². The maximum atomic E-state index is 6.23. The van der Waals surface area contributed by atoms with Crippen molar-refractivity contribution in [1.82, 2.24) is 5.43 Å². The van der Waals surface area contributed by atoms with Crippen molar-refractivity contribution in [2.24, 2.45) is 11.8 Å². The molecule has 0 fully saturated rings. The SMILES string of the molecule is CC(C)Cc1cccc(C(NN)c2cc(Cl)sc2Cl)c1. The summed E-state index contributed by atoms with van der Waals surface area (Å²) in [7, 11) is 0. The molecule has 0 saturated carbocycles. The highest BCUT2D eigenvalue weighted by molar-refractivity contribution is 7.20. The van der Waals surface area contributed by atoms with Crippen LogP contribution in [-0.2, 0) is 6.42 Å². The minimum Gasteiger partial charge on any atom is -0.271 e. The van der Waals surface area contributed by atoms with E-state index in [2.05, 4.69) is 43.5 Å². The van der Waals surface area contributed by atoms with Crippen LogP contribution >= 0.6 is 34.5 Å². The minimum atomic E-state index is -0.140. The van der Waals surface area contributed by atoms with E-state index >= 15 is 0 Å². The number of nitrogens with two attached hydrogens (primary N) is 1. The molecule has 2 aromatic rings. The number of hydrazine groups is 1. The molecule has 1 aromatic carbocycles. The lowest BCUT2D eigenvalue weighted by molar-refractivity contribution is 0.629. The lowest BCUT2D eigenvalue weighted by Crippen LogP contribution is -2.28. The summed E-state index contributed by atoms with van der Waals surface area (Å²) in [6.07, 6.45) is 1.04. The topological polar surface area (TPSA) is 38.0 Å². The molecule has 0 aliphatic rings. The second-order valence-corrected chi connectivity index (χ2v) is 7.51. The molecule has 20 heavy (non-hydrogen) atoms. The lowest BCUT2D eigenvalue weighted by atomic mass is 9.96. The second-order valence-electron chi connectivity index (χ2n) is 5.22. The first-order valence-electron chi connectivity index (χ1n) is 6.51. The average molecular weight is 329 g/mol. The Morgan fingerprint density at radius 1 is 1.25 bits per heavy atom. The van der Waals surface area contributed by atoms with Gasteiger partial charge in [-0.25, -0.2) is 5.43 Å². The summed E-state index contributed by atoms with van der Waals surface area (Å²) in [6, 6.07) is 10.1. The highest BCUT2D eigenvalue weighted by Crippen LogP contribution is 2.37. The third-order valence-electron chi connectivity index (χ3n) is 3.09. The molecule has 1 aromatic heterocycles. The molecule has 2 rings (SSSR count). The van der Waals surface area contributed by atoms with Gasteiger partial charge in [0.25, 0.3) is 0 Å². The van der Waals surface area contributed by atoms with Crippen molar-refractivity contribution >= 4 is 34.5 Å². The van der Waals surface area contributed by atoms with Crippen LogP contribution in [0.3, 0.4) is 0 Å². The molecular weight excluding hydrogens is 311 g/mol. The third kappa shape index (κ3) is 3.74. The predicted octanol–water partition coefficient (Wildman–Crippen LogP) is 4.81. The minimum absolute atomic E-state index is 0.140. The van der Waals surface area contributed by atoms with Crippen molar-refractivity contribution in [3.05, 3.63) is 55.7 Å². The van der Waals surface area contributed by atoms with E-state index in [1.54, 1.807) is 0 Å². The summed E-state index contributed by atoms with van der Waals surface area (Å²) in [5.74, 6) is 6.34. The maximum Gasteiger partial charge on any atom is 0.0995 e. The van der Waals surface area contributed by atoms with Gasteiger partial charge in [0.2, 0.25) is 0 Å². The van der Waals surface area contributed by atoms with Crippen molar-refractivity contribution in [2.75, 3.05) is 0 Å². The van der Waals surface area contributed by atoms with Crippen LogP contribution in [0.25, 0.3) is 0 Å². The smallest absolute Gasteiger partial charge is 0.0995 e. The fourth-order valence-electron chi connectivity index (χ4n) is 2.29. The first-order valence-corrected chi connectivity index (χ1v) is 8.08. The number of hydrogen-bond donors (Lipinski definition) is 2. The fourth-order valence-corrected chi connectivity index (χ4v) is 3.82. The van der Waals surface area contributed by atoms with Gasteiger partial charge >= 0.3 is 0 Å². The number of halogens is 2. The molecule has 0 amide bonds. The molecule has 0 aliphatic carbocycles. The quantitative estimate of drug-likeness (QED) is 0.610. The van der Waals surface area contributed by atoms with Crippen molar-refractivity contribution in [2.45, 2.75) is 26.3 Å². The van der Waals surface area contributed by atoms with E-state index in [0.29, 0.717) is 14.6 Å². The van der Waals surface area contributed by atoms with Crippen LogP contribution in [0.5, 0.6) is 0 Å². The van der Waals surface area contributed by atoms with Crippen LogP contribution in [0.15, 0.2) is 30.3 Å². The Morgan fingerprint density at radius 3 is 2.55 bits per heavy atom. The molecule has 0 bridgehead atoms. The molecule has 1 unspecified atom stereocenters. The summed E-state index contributed by atoms with van der Waals surface area (Å²) in [5, 5.41) is 0. The molecule has 1 atom stereocenters. The Bertz CT molecular complexity index is 581. The lowest BCUT2D eigenvalue weighted by Gasteiger charge is -2.17. The van der Waals surface area contributed by atoms with Gasteiger partial charge in [-0.3, -0.25) is 5.84 Å².